The summed E-state index contributed by atoms with van der Waals surface area (Å²) < 4.78 is 10.2. The van der Waals surface area contributed by atoms with Gasteiger partial charge in [-0.3, -0.25) is 9.59 Å². The van der Waals surface area contributed by atoms with E-state index in [1.165, 1.54) is 12.0 Å². The van der Waals surface area contributed by atoms with Crippen molar-refractivity contribution in [3.05, 3.63) is 29.8 Å². The molecule has 0 radical (unpaired) electrons. The smallest absolute Gasteiger partial charge is 0.337 e. The fourth-order valence-electron chi connectivity index (χ4n) is 3.95. The van der Waals surface area contributed by atoms with E-state index in [-0.39, 0.29) is 42.8 Å². The summed E-state index contributed by atoms with van der Waals surface area (Å²) in [6, 6.07) is 5.69. The summed E-state index contributed by atoms with van der Waals surface area (Å²) in [6.07, 6.45) is 1.85. The van der Waals surface area contributed by atoms with E-state index < -0.39 is 18.0 Å². The fourth-order valence-corrected chi connectivity index (χ4v) is 3.95. The van der Waals surface area contributed by atoms with Gasteiger partial charge in [-0.1, -0.05) is 13.0 Å². The number of esters is 1. The Morgan fingerprint density at radius 1 is 1.27 bits per heavy atom. The SMILES string of the molecule is COC(=O)c1cccc(OCCCC(=O)NCC(=O)N2[C@H]3C[C@@]3(C)C[C@H]2C(=O)O)c1. The lowest BCUT2D eigenvalue weighted by Crippen LogP contribution is -2.47. The van der Waals surface area contributed by atoms with Crippen molar-refractivity contribution in [2.24, 2.45) is 5.41 Å². The van der Waals surface area contributed by atoms with Gasteiger partial charge in [0.05, 0.1) is 25.8 Å². The molecular weight excluding hydrogens is 392 g/mol. The zero-order valence-electron chi connectivity index (χ0n) is 17.1. The number of ether oxygens (including phenoxy) is 2. The van der Waals surface area contributed by atoms with Crippen molar-refractivity contribution in [1.29, 1.82) is 0 Å². The summed E-state index contributed by atoms with van der Waals surface area (Å²) in [4.78, 5) is 48.8. The molecule has 3 rings (SSSR count). The molecule has 0 bridgehead atoms. The summed E-state index contributed by atoms with van der Waals surface area (Å²) in [5.41, 5.74) is 0.269. The van der Waals surface area contributed by atoms with Crippen LogP contribution in [0, 0.1) is 5.41 Å². The monoisotopic (exact) mass is 418 g/mol. The minimum Gasteiger partial charge on any atom is -0.494 e. The molecule has 0 unspecified atom stereocenters. The Labute approximate surface area is 174 Å². The van der Waals surface area contributed by atoms with Gasteiger partial charge in [0.1, 0.15) is 11.8 Å². The van der Waals surface area contributed by atoms with Crippen molar-refractivity contribution in [3.63, 3.8) is 0 Å². The van der Waals surface area contributed by atoms with Gasteiger partial charge in [-0.25, -0.2) is 9.59 Å². The van der Waals surface area contributed by atoms with E-state index in [1.807, 2.05) is 6.92 Å². The first-order valence-corrected chi connectivity index (χ1v) is 9.87. The van der Waals surface area contributed by atoms with E-state index in [0.29, 0.717) is 24.2 Å². The first-order valence-electron chi connectivity index (χ1n) is 9.87. The third kappa shape index (κ3) is 4.72. The number of piperidine rings is 1. The van der Waals surface area contributed by atoms with Crippen LogP contribution in [-0.4, -0.2) is 66.1 Å². The maximum Gasteiger partial charge on any atom is 0.337 e. The number of hydrogen-bond donors (Lipinski definition) is 2. The molecule has 1 saturated heterocycles. The van der Waals surface area contributed by atoms with Crippen molar-refractivity contribution < 1.29 is 33.8 Å². The van der Waals surface area contributed by atoms with Crippen LogP contribution in [0.2, 0.25) is 0 Å². The van der Waals surface area contributed by atoms with Gasteiger partial charge in [-0.05, 0) is 42.9 Å². The van der Waals surface area contributed by atoms with Crippen LogP contribution in [0.5, 0.6) is 5.75 Å². The standard InChI is InChI=1S/C21H26N2O7/c1-21-10-15(19(26)27)23(16(21)11-21)18(25)12-22-17(24)7-4-8-30-14-6-3-5-13(9-14)20(28)29-2/h3,5-6,9,15-16H,4,7-8,10-12H2,1-2H3,(H,22,24)(H,26,27)/t15-,16-,21+/m0/s1. The average Bonchev–Trinajstić information content (AvgIpc) is 3.29. The third-order valence-electron chi connectivity index (χ3n) is 5.72. The number of likely N-dealkylation sites (tertiary alicyclic amines) is 1. The largest absolute Gasteiger partial charge is 0.494 e. The minimum atomic E-state index is -1.00. The number of rotatable bonds is 9. The van der Waals surface area contributed by atoms with Crippen molar-refractivity contribution in [3.8, 4) is 5.75 Å². The molecule has 1 aliphatic heterocycles. The Bertz CT molecular complexity index is 856. The molecule has 162 valence electrons. The second-order valence-electron chi connectivity index (χ2n) is 7.98. The first kappa shape index (κ1) is 21.6. The molecule has 1 aromatic rings. The number of methoxy groups -OCH3 is 1. The molecule has 2 amide bonds. The van der Waals surface area contributed by atoms with Gasteiger partial charge in [0.25, 0.3) is 0 Å². The molecule has 0 spiro atoms. The van der Waals surface area contributed by atoms with E-state index >= 15 is 0 Å². The van der Waals surface area contributed by atoms with Crippen LogP contribution in [0.25, 0.3) is 0 Å². The van der Waals surface area contributed by atoms with E-state index in [9.17, 15) is 24.3 Å². The van der Waals surface area contributed by atoms with Crippen LogP contribution in [0.3, 0.4) is 0 Å². The zero-order valence-corrected chi connectivity index (χ0v) is 17.1. The highest BCUT2D eigenvalue weighted by Gasteiger charge is 2.64. The number of amides is 2. The van der Waals surface area contributed by atoms with Crippen LogP contribution in [0.15, 0.2) is 24.3 Å². The maximum atomic E-state index is 12.5. The quantitative estimate of drug-likeness (QED) is 0.457. The summed E-state index contributed by atoms with van der Waals surface area (Å²) in [5.74, 6) is -1.64. The number of carboxylic acid groups (broad SMARTS) is 1. The predicted molar refractivity (Wildman–Crippen MR) is 105 cm³/mol. The van der Waals surface area contributed by atoms with Gasteiger partial charge in [-0.15, -0.1) is 0 Å². The second kappa shape index (κ2) is 8.73. The third-order valence-corrected chi connectivity index (χ3v) is 5.72. The highest BCUT2D eigenvalue weighted by Crippen LogP contribution is 2.59. The Hall–Kier alpha value is -3.10. The Kier molecular flexibility index (Phi) is 6.28. The lowest BCUT2D eigenvalue weighted by atomic mass is 10.0. The molecule has 9 nitrogen and oxygen atoms in total. The Morgan fingerprint density at radius 2 is 2.03 bits per heavy atom. The number of aliphatic carboxylic acids is 1. The molecule has 2 N–H and O–H groups in total. The molecule has 30 heavy (non-hydrogen) atoms. The van der Waals surface area contributed by atoms with Crippen molar-refractivity contribution in [2.45, 2.75) is 44.7 Å². The number of benzene rings is 1. The molecule has 1 saturated carbocycles. The van der Waals surface area contributed by atoms with Crippen LogP contribution in [0.1, 0.15) is 43.0 Å². The summed E-state index contributed by atoms with van der Waals surface area (Å²) >= 11 is 0. The molecule has 0 aromatic heterocycles. The number of hydrogen-bond acceptors (Lipinski definition) is 6. The molecule has 3 atom stereocenters. The molecular formula is C21H26N2O7. The van der Waals surface area contributed by atoms with Crippen molar-refractivity contribution >= 4 is 23.8 Å². The number of nitrogens with zero attached hydrogens (tertiary/aromatic N) is 1. The number of carboxylic acids is 1. The molecule has 2 fully saturated rings. The zero-order chi connectivity index (χ0) is 21.9. The Morgan fingerprint density at radius 3 is 2.73 bits per heavy atom. The van der Waals surface area contributed by atoms with Crippen LogP contribution >= 0.6 is 0 Å². The summed E-state index contributed by atoms with van der Waals surface area (Å²) in [7, 11) is 1.30. The van der Waals surface area contributed by atoms with Gasteiger partial charge >= 0.3 is 11.9 Å². The molecule has 1 aromatic carbocycles. The van der Waals surface area contributed by atoms with E-state index in [0.717, 1.165) is 6.42 Å². The highest BCUT2D eigenvalue weighted by molar-refractivity contribution is 5.90. The maximum absolute atomic E-state index is 12.5. The fraction of sp³-hybridized carbons (Fsp3) is 0.524. The topological polar surface area (TPSA) is 122 Å². The molecule has 9 heteroatoms. The van der Waals surface area contributed by atoms with Crippen LogP contribution in [0.4, 0.5) is 0 Å². The molecule has 2 aliphatic rings. The summed E-state index contributed by atoms with van der Waals surface area (Å²) in [6.45, 7) is 2.04. The number of carbonyl (C=O) groups is 4. The van der Waals surface area contributed by atoms with Crippen LogP contribution in [-0.2, 0) is 19.1 Å². The lowest BCUT2D eigenvalue weighted by Gasteiger charge is -2.24. The number of nitrogens with one attached hydrogen (secondary N) is 1. The first-order chi connectivity index (χ1) is 14.2. The van der Waals surface area contributed by atoms with Gasteiger partial charge in [0.2, 0.25) is 11.8 Å². The Balaban J connectivity index is 1.38. The molecule has 1 aliphatic carbocycles. The van der Waals surface area contributed by atoms with Crippen molar-refractivity contribution in [1.82, 2.24) is 10.2 Å². The number of fused-ring (bicyclic) bond motifs is 1. The van der Waals surface area contributed by atoms with Gasteiger partial charge in [0.15, 0.2) is 0 Å². The number of carbonyl (C=O) groups excluding carboxylic acids is 3. The van der Waals surface area contributed by atoms with Gasteiger partial charge in [0, 0.05) is 12.5 Å². The van der Waals surface area contributed by atoms with Crippen molar-refractivity contribution in [2.75, 3.05) is 20.3 Å². The second-order valence-corrected chi connectivity index (χ2v) is 7.98. The average molecular weight is 418 g/mol. The highest BCUT2D eigenvalue weighted by atomic mass is 16.5. The van der Waals surface area contributed by atoms with Gasteiger partial charge in [-0.2, -0.15) is 0 Å². The lowest BCUT2D eigenvalue weighted by molar-refractivity contribution is -0.149. The van der Waals surface area contributed by atoms with E-state index in [1.54, 1.807) is 24.3 Å². The van der Waals surface area contributed by atoms with Crippen LogP contribution < -0.4 is 10.1 Å². The summed E-state index contributed by atoms with van der Waals surface area (Å²) in [5, 5.41) is 11.9. The normalized spacial score (nSPS) is 24.0. The predicted octanol–water partition coefficient (Wildman–Crippen LogP) is 1.21. The molecule has 1 heterocycles. The van der Waals surface area contributed by atoms with Gasteiger partial charge < -0.3 is 24.8 Å². The van der Waals surface area contributed by atoms with E-state index in [2.05, 4.69) is 10.1 Å². The van der Waals surface area contributed by atoms with E-state index in [4.69, 9.17) is 4.74 Å². The minimum absolute atomic E-state index is 0.0443.